The maximum absolute atomic E-state index is 12.7. The molecule has 1 aliphatic rings. The number of ether oxygens (including phenoxy) is 1. The van der Waals surface area contributed by atoms with Gasteiger partial charge in [0.05, 0.1) is 22.8 Å². The molecule has 0 spiro atoms. The largest absolute Gasteiger partial charge is 0.472 e. The van der Waals surface area contributed by atoms with Gasteiger partial charge in [-0.1, -0.05) is 23.7 Å². The van der Waals surface area contributed by atoms with E-state index in [9.17, 15) is 18.0 Å². The SMILES string of the molecule is O=C(Nc1ccccc1Cl)N1CCC(Oc2cc(C(F)(F)F)ccn2)C1. The molecule has 1 unspecified atom stereocenters. The topological polar surface area (TPSA) is 54.5 Å². The number of carbonyl (C=O) groups is 1. The Bertz CT molecular complexity index is 801. The minimum absolute atomic E-state index is 0.113. The van der Waals surface area contributed by atoms with Crippen LogP contribution < -0.4 is 10.1 Å². The number of halogens is 4. The van der Waals surface area contributed by atoms with E-state index in [0.29, 0.717) is 23.7 Å². The standard InChI is InChI=1S/C17H15ClF3N3O2/c18-13-3-1-2-4-14(13)23-16(25)24-8-6-12(10-24)26-15-9-11(5-7-22-15)17(19,20)21/h1-5,7,9,12H,6,8,10H2,(H,23,25). The first-order valence-corrected chi connectivity index (χ1v) is 8.21. The van der Waals surface area contributed by atoms with Crippen molar-refractivity contribution in [3.63, 3.8) is 0 Å². The normalized spacial score (nSPS) is 17.2. The Labute approximate surface area is 152 Å². The van der Waals surface area contributed by atoms with Gasteiger partial charge in [-0.25, -0.2) is 9.78 Å². The highest BCUT2D eigenvalue weighted by molar-refractivity contribution is 6.33. The summed E-state index contributed by atoms with van der Waals surface area (Å²) in [5, 5.41) is 3.12. The maximum Gasteiger partial charge on any atom is 0.416 e. The van der Waals surface area contributed by atoms with E-state index in [2.05, 4.69) is 10.3 Å². The van der Waals surface area contributed by atoms with Crippen molar-refractivity contribution in [3.05, 3.63) is 53.2 Å². The number of alkyl halides is 3. The summed E-state index contributed by atoms with van der Waals surface area (Å²) < 4.78 is 43.7. The number of rotatable bonds is 3. The van der Waals surface area contributed by atoms with Crippen molar-refractivity contribution >= 4 is 23.3 Å². The number of nitrogens with one attached hydrogen (secondary N) is 1. The van der Waals surface area contributed by atoms with Gasteiger partial charge < -0.3 is 15.0 Å². The van der Waals surface area contributed by atoms with E-state index in [1.807, 2.05) is 0 Å². The van der Waals surface area contributed by atoms with Crippen molar-refractivity contribution in [2.45, 2.75) is 18.7 Å². The van der Waals surface area contributed by atoms with Crippen LogP contribution in [-0.2, 0) is 6.18 Å². The molecule has 0 aliphatic carbocycles. The van der Waals surface area contributed by atoms with Crippen LogP contribution in [0, 0.1) is 0 Å². The van der Waals surface area contributed by atoms with Gasteiger partial charge in [-0.05, 0) is 18.2 Å². The Morgan fingerprint density at radius 3 is 2.81 bits per heavy atom. The number of benzene rings is 1. The molecule has 0 bridgehead atoms. The predicted molar refractivity (Wildman–Crippen MR) is 90.3 cm³/mol. The molecule has 1 aromatic heterocycles. The highest BCUT2D eigenvalue weighted by atomic mass is 35.5. The zero-order valence-corrected chi connectivity index (χ0v) is 14.2. The highest BCUT2D eigenvalue weighted by Crippen LogP contribution is 2.31. The fourth-order valence-electron chi connectivity index (χ4n) is 2.59. The lowest BCUT2D eigenvalue weighted by molar-refractivity contribution is -0.137. The second-order valence-corrected chi connectivity index (χ2v) is 6.17. The number of likely N-dealkylation sites (tertiary alicyclic amines) is 1. The smallest absolute Gasteiger partial charge is 0.416 e. The number of amides is 2. The summed E-state index contributed by atoms with van der Waals surface area (Å²) in [5.41, 5.74) is -0.336. The third kappa shape index (κ3) is 4.37. The van der Waals surface area contributed by atoms with Crippen LogP contribution in [-0.4, -0.2) is 35.1 Å². The van der Waals surface area contributed by atoms with Gasteiger partial charge in [0, 0.05) is 25.2 Å². The van der Waals surface area contributed by atoms with Crippen LogP contribution in [0.25, 0.3) is 0 Å². The van der Waals surface area contributed by atoms with E-state index in [0.717, 1.165) is 18.3 Å². The van der Waals surface area contributed by atoms with Crippen molar-refractivity contribution < 1.29 is 22.7 Å². The third-order valence-electron chi connectivity index (χ3n) is 3.90. The summed E-state index contributed by atoms with van der Waals surface area (Å²) in [6.07, 6.45) is -3.34. The third-order valence-corrected chi connectivity index (χ3v) is 4.23. The first kappa shape index (κ1) is 18.3. The van der Waals surface area contributed by atoms with Crippen LogP contribution in [0.4, 0.5) is 23.7 Å². The van der Waals surface area contributed by atoms with E-state index < -0.39 is 17.8 Å². The Hall–Kier alpha value is -2.48. The van der Waals surface area contributed by atoms with Crippen LogP contribution in [0.3, 0.4) is 0 Å². The van der Waals surface area contributed by atoms with Gasteiger partial charge in [0.1, 0.15) is 6.10 Å². The van der Waals surface area contributed by atoms with Crippen LogP contribution in [0.1, 0.15) is 12.0 Å². The van der Waals surface area contributed by atoms with Gasteiger partial charge in [-0.2, -0.15) is 13.2 Å². The van der Waals surface area contributed by atoms with Crippen LogP contribution in [0.2, 0.25) is 5.02 Å². The molecule has 0 saturated carbocycles. The number of hydrogen-bond acceptors (Lipinski definition) is 3. The van der Waals surface area contributed by atoms with Crippen molar-refractivity contribution in [3.8, 4) is 5.88 Å². The molecule has 1 N–H and O–H groups in total. The van der Waals surface area contributed by atoms with Crippen LogP contribution in [0.5, 0.6) is 5.88 Å². The van der Waals surface area contributed by atoms with E-state index in [1.54, 1.807) is 24.3 Å². The summed E-state index contributed by atoms with van der Waals surface area (Å²) in [5.74, 6) is -0.113. The van der Waals surface area contributed by atoms with Gasteiger partial charge >= 0.3 is 12.2 Å². The predicted octanol–water partition coefficient (Wildman–Crippen LogP) is 4.44. The Kier molecular flexibility index (Phi) is 5.22. The number of carbonyl (C=O) groups excluding carboxylic acids is 1. The van der Waals surface area contributed by atoms with Crippen molar-refractivity contribution in [2.75, 3.05) is 18.4 Å². The number of para-hydroxylation sites is 1. The van der Waals surface area contributed by atoms with E-state index >= 15 is 0 Å². The van der Waals surface area contributed by atoms with Gasteiger partial charge in [-0.3, -0.25) is 0 Å². The van der Waals surface area contributed by atoms with E-state index in [-0.39, 0.29) is 18.5 Å². The first-order chi connectivity index (χ1) is 12.3. The lowest BCUT2D eigenvalue weighted by Gasteiger charge is -2.18. The maximum atomic E-state index is 12.7. The van der Waals surface area contributed by atoms with E-state index in [1.165, 1.54) is 4.90 Å². The second kappa shape index (κ2) is 7.41. The molecule has 0 radical (unpaired) electrons. The van der Waals surface area contributed by atoms with Crippen molar-refractivity contribution in [1.82, 2.24) is 9.88 Å². The molecule has 3 rings (SSSR count). The molecular weight excluding hydrogens is 371 g/mol. The fourth-order valence-corrected chi connectivity index (χ4v) is 2.77. The molecular formula is C17H15ClF3N3O2. The number of pyridine rings is 1. The molecule has 1 aliphatic heterocycles. The molecule has 138 valence electrons. The second-order valence-electron chi connectivity index (χ2n) is 5.77. The number of hydrogen-bond donors (Lipinski definition) is 1. The molecule has 1 fully saturated rings. The van der Waals surface area contributed by atoms with Gasteiger partial charge in [0.15, 0.2) is 0 Å². The minimum Gasteiger partial charge on any atom is -0.472 e. The Balaban J connectivity index is 1.59. The number of nitrogens with zero attached hydrogens (tertiary/aromatic N) is 2. The molecule has 1 aromatic carbocycles. The molecule has 26 heavy (non-hydrogen) atoms. The number of anilines is 1. The first-order valence-electron chi connectivity index (χ1n) is 7.83. The molecule has 2 heterocycles. The summed E-state index contributed by atoms with van der Waals surface area (Å²) in [6, 6.07) is 8.22. The Morgan fingerprint density at radius 1 is 1.31 bits per heavy atom. The van der Waals surface area contributed by atoms with Gasteiger partial charge in [0.2, 0.25) is 5.88 Å². The fraction of sp³-hybridized carbons (Fsp3) is 0.294. The lowest BCUT2D eigenvalue weighted by atomic mass is 10.2. The average molecular weight is 386 g/mol. The minimum atomic E-state index is -4.46. The number of urea groups is 1. The van der Waals surface area contributed by atoms with Gasteiger partial charge in [0.25, 0.3) is 0 Å². The lowest BCUT2D eigenvalue weighted by Crippen LogP contribution is -2.34. The molecule has 5 nitrogen and oxygen atoms in total. The van der Waals surface area contributed by atoms with Crippen molar-refractivity contribution in [1.29, 1.82) is 0 Å². The molecule has 1 atom stereocenters. The molecule has 1 saturated heterocycles. The molecule has 2 aromatic rings. The summed E-state index contributed by atoms with van der Waals surface area (Å²) in [7, 11) is 0. The zero-order chi connectivity index (χ0) is 18.7. The van der Waals surface area contributed by atoms with Crippen LogP contribution >= 0.6 is 11.6 Å². The van der Waals surface area contributed by atoms with E-state index in [4.69, 9.17) is 16.3 Å². The molecule has 2 amide bonds. The quantitative estimate of drug-likeness (QED) is 0.849. The molecule has 9 heteroatoms. The van der Waals surface area contributed by atoms with Crippen molar-refractivity contribution in [2.24, 2.45) is 0 Å². The zero-order valence-electron chi connectivity index (χ0n) is 13.5. The number of aromatic nitrogens is 1. The van der Waals surface area contributed by atoms with Crippen LogP contribution in [0.15, 0.2) is 42.6 Å². The monoisotopic (exact) mass is 385 g/mol. The highest BCUT2D eigenvalue weighted by Gasteiger charge is 2.32. The van der Waals surface area contributed by atoms with Gasteiger partial charge in [-0.15, -0.1) is 0 Å². The summed E-state index contributed by atoms with van der Waals surface area (Å²) in [6.45, 7) is 0.661. The summed E-state index contributed by atoms with van der Waals surface area (Å²) >= 11 is 6.00. The Morgan fingerprint density at radius 2 is 2.08 bits per heavy atom. The average Bonchev–Trinajstić information content (AvgIpc) is 3.05. The summed E-state index contributed by atoms with van der Waals surface area (Å²) in [4.78, 5) is 17.6.